The molecule has 5 nitrogen and oxygen atoms in total. The van der Waals surface area contributed by atoms with Crippen LogP contribution in [-0.2, 0) is 24.1 Å². The Morgan fingerprint density at radius 1 is 1.18 bits per heavy atom. The summed E-state index contributed by atoms with van der Waals surface area (Å²) >= 11 is 0. The van der Waals surface area contributed by atoms with Gasteiger partial charge in [-0.3, -0.25) is 4.79 Å². The van der Waals surface area contributed by atoms with Gasteiger partial charge in [0.25, 0.3) is 0 Å². The largest absolute Gasteiger partial charge is 0.389 e. The van der Waals surface area contributed by atoms with E-state index in [1.165, 1.54) is 17.7 Å². The van der Waals surface area contributed by atoms with E-state index >= 15 is 0 Å². The maximum atomic E-state index is 13.4. The number of nitrogens with zero attached hydrogens (tertiary/aromatic N) is 2. The van der Waals surface area contributed by atoms with Gasteiger partial charge in [-0.2, -0.15) is 5.10 Å². The lowest BCUT2D eigenvalue weighted by molar-refractivity contribution is -0.119. The number of fused-ring (bicyclic) bond motifs is 2. The lowest BCUT2D eigenvalue weighted by atomic mass is 9.65. The number of benzene rings is 2. The summed E-state index contributed by atoms with van der Waals surface area (Å²) in [5.41, 5.74) is 5.09. The molecule has 1 unspecified atom stereocenters. The van der Waals surface area contributed by atoms with Crippen LogP contribution in [0.15, 0.2) is 60.3 Å². The second kappa shape index (κ2) is 8.51. The summed E-state index contributed by atoms with van der Waals surface area (Å²) in [6.07, 6.45) is 8.00. The van der Waals surface area contributed by atoms with Crippen molar-refractivity contribution >= 4 is 12.0 Å². The van der Waals surface area contributed by atoms with Gasteiger partial charge in [0.1, 0.15) is 5.82 Å². The lowest BCUT2D eigenvalue weighted by Gasteiger charge is -2.42. The zero-order valence-electron chi connectivity index (χ0n) is 19.6. The average molecular weight is 460 g/mol. The van der Waals surface area contributed by atoms with E-state index in [1.54, 1.807) is 19.2 Å². The van der Waals surface area contributed by atoms with Crippen molar-refractivity contribution in [3.05, 3.63) is 88.5 Å². The monoisotopic (exact) mass is 459 g/mol. The predicted octanol–water partition coefficient (Wildman–Crippen LogP) is 4.40. The SMILES string of the molecule is CNC(=O)Cc1ccccc1CC[C@]1(O)CCC2=Cc3c(cnn3-c3ccc(F)cc3)CC21C. The van der Waals surface area contributed by atoms with E-state index in [1.807, 2.05) is 29.1 Å². The first-order valence-electron chi connectivity index (χ1n) is 11.9. The normalized spacial score (nSPS) is 23.2. The molecule has 0 bridgehead atoms. The number of aromatic nitrogens is 2. The standard InChI is InChI=1S/C28H30FN3O2/c1-27-17-21-18-31-32(24-9-7-23(29)8-10-24)25(21)16-22(27)12-14-28(27,34)13-11-19-5-3-4-6-20(19)15-26(33)30-2/h3-10,16,18,34H,11-15,17H2,1-2H3,(H,30,33)/t27?,28-/m0/s1. The Balaban J connectivity index is 1.39. The molecule has 2 aromatic carbocycles. The number of carbonyl (C=O) groups excluding carboxylic acids is 1. The van der Waals surface area contributed by atoms with Gasteiger partial charge in [-0.1, -0.05) is 36.8 Å². The number of carbonyl (C=O) groups is 1. The fourth-order valence-corrected chi connectivity index (χ4v) is 5.69. The van der Waals surface area contributed by atoms with Crippen LogP contribution >= 0.6 is 0 Å². The molecule has 0 aliphatic heterocycles. The molecule has 0 spiro atoms. The van der Waals surface area contributed by atoms with Gasteiger partial charge in [-0.05, 0) is 79.1 Å². The minimum atomic E-state index is -0.839. The molecule has 2 aliphatic rings. The van der Waals surface area contributed by atoms with Crippen molar-refractivity contribution in [1.82, 2.24) is 15.1 Å². The first-order valence-corrected chi connectivity index (χ1v) is 11.9. The predicted molar refractivity (Wildman–Crippen MR) is 130 cm³/mol. The fourth-order valence-electron chi connectivity index (χ4n) is 5.69. The lowest BCUT2D eigenvalue weighted by Crippen LogP contribution is -2.45. The number of amides is 1. The molecule has 3 aromatic rings. The van der Waals surface area contributed by atoms with Crippen LogP contribution in [0.1, 0.15) is 48.6 Å². The molecule has 0 radical (unpaired) electrons. The van der Waals surface area contributed by atoms with E-state index in [9.17, 15) is 14.3 Å². The molecule has 2 N–H and O–H groups in total. The van der Waals surface area contributed by atoms with Crippen molar-refractivity contribution in [1.29, 1.82) is 0 Å². The molecule has 5 rings (SSSR count). The van der Waals surface area contributed by atoms with Gasteiger partial charge in [-0.15, -0.1) is 0 Å². The van der Waals surface area contributed by atoms with E-state index in [0.29, 0.717) is 32.1 Å². The Kier molecular flexibility index (Phi) is 5.64. The van der Waals surface area contributed by atoms with E-state index in [2.05, 4.69) is 29.5 Å². The number of aliphatic hydroxyl groups is 1. The second-order valence-electron chi connectivity index (χ2n) is 9.77. The van der Waals surface area contributed by atoms with Gasteiger partial charge in [0.2, 0.25) is 5.91 Å². The summed E-state index contributed by atoms with van der Waals surface area (Å²) in [6, 6.07) is 14.3. The van der Waals surface area contributed by atoms with Crippen molar-refractivity contribution in [2.45, 2.75) is 51.0 Å². The third kappa shape index (κ3) is 3.76. The maximum Gasteiger partial charge on any atom is 0.224 e. The minimum Gasteiger partial charge on any atom is -0.389 e. The fraction of sp³-hybridized carbons (Fsp3) is 0.357. The van der Waals surface area contributed by atoms with E-state index < -0.39 is 5.60 Å². The van der Waals surface area contributed by atoms with Crippen LogP contribution in [0, 0.1) is 11.2 Å². The zero-order valence-corrected chi connectivity index (χ0v) is 19.6. The van der Waals surface area contributed by atoms with Gasteiger partial charge >= 0.3 is 0 Å². The summed E-state index contributed by atoms with van der Waals surface area (Å²) in [4.78, 5) is 11.9. The number of aryl methyl sites for hydroxylation is 1. The maximum absolute atomic E-state index is 13.4. The summed E-state index contributed by atoms with van der Waals surface area (Å²) in [7, 11) is 1.65. The van der Waals surface area contributed by atoms with Crippen LogP contribution in [0.5, 0.6) is 0 Å². The molecule has 6 heteroatoms. The molecule has 1 amide bonds. The Morgan fingerprint density at radius 3 is 2.65 bits per heavy atom. The topological polar surface area (TPSA) is 67.2 Å². The Bertz CT molecular complexity index is 1260. The van der Waals surface area contributed by atoms with Crippen LogP contribution in [0.25, 0.3) is 11.8 Å². The van der Waals surface area contributed by atoms with E-state index in [0.717, 1.165) is 34.5 Å². The average Bonchev–Trinajstić information content (AvgIpc) is 3.35. The number of likely N-dealkylation sites (N-methyl/N-ethyl adjacent to an activating group) is 1. The Hall–Kier alpha value is -3.25. The molecule has 2 aliphatic carbocycles. The van der Waals surface area contributed by atoms with Gasteiger partial charge in [0.05, 0.1) is 29.6 Å². The van der Waals surface area contributed by atoms with Crippen LogP contribution in [0.2, 0.25) is 0 Å². The van der Waals surface area contributed by atoms with Crippen molar-refractivity contribution in [3.8, 4) is 5.69 Å². The highest BCUT2D eigenvalue weighted by Crippen LogP contribution is 2.56. The van der Waals surface area contributed by atoms with E-state index in [4.69, 9.17) is 0 Å². The van der Waals surface area contributed by atoms with Gasteiger partial charge < -0.3 is 10.4 Å². The molecular formula is C28H30FN3O2. The van der Waals surface area contributed by atoms with Crippen molar-refractivity contribution in [3.63, 3.8) is 0 Å². The second-order valence-corrected chi connectivity index (χ2v) is 9.77. The van der Waals surface area contributed by atoms with Crippen LogP contribution in [0.4, 0.5) is 4.39 Å². The highest BCUT2D eigenvalue weighted by Gasteiger charge is 2.54. The van der Waals surface area contributed by atoms with Gasteiger partial charge in [-0.25, -0.2) is 9.07 Å². The van der Waals surface area contributed by atoms with Gasteiger partial charge in [0, 0.05) is 12.5 Å². The molecule has 1 heterocycles. The molecule has 1 fully saturated rings. The molecule has 0 saturated heterocycles. The Labute approximate surface area is 199 Å². The summed E-state index contributed by atoms with van der Waals surface area (Å²) < 4.78 is 15.2. The van der Waals surface area contributed by atoms with Gasteiger partial charge in [0.15, 0.2) is 0 Å². The number of halogens is 1. The Morgan fingerprint density at radius 2 is 1.91 bits per heavy atom. The minimum absolute atomic E-state index is 0.0119. The van der Waals surface area contributed by atoms with Crippen LogP contribution in [-0.4, -0.2) is 33.4 Å². The number of nitrogens with one attached hydrogen (secondary N) is 1. The molecule has 2 atom stereocenters. The zero-order chi connectivity index (χ0) is 23.9. The molecule has 1 aromatic heterocycles. The first kappa shape index (κ1) is 22.5. The summed E-state index contributed by atoms with van der Waals surface area (Å²) in [6.45, 7) is 2.17. The first-order chi connectivity index (χ1) is 16.3. The van der Waals surface area contributed by atoms with Crippen molar-refractivity contribution < 1.29 is 14.3 Å². The van der Waals surface area contributed by atoms with Crippen molar-refractivity contribution in [2.75, 3.05) is 7.05 Å². The quantitative estimate of drug-likeness (QED) is 0.574. The van der Waals surface area contributed by atoms with Crippen molar-refractivity contribution in [2.24, 2.45) is 5.41 Å². The third-order valence-corrected chi connectivity index (χ3v) is 7.91. The highest BCUT2D eigenvalue weighted by atomic mass is 19.1. The third-order valence-electron chi connectivity index (χ3n) is 7.91. The molecule has 176 valence electrons. The molecule has 1 saturated carbocycles. The smallest absolute Gasteiger partial charge is 0.224 e. The molecule has 34 heavy (non-hydrogen) atoms. The number of hydrogen-bond donors (Lipinski definition) is 2. The summed E-state index contributed by atoms with van der Waals surface area (Å²) in [5, 5.41) is 19.2. The number of rotatable bonds is 6. The number of hydrogen-bond acceptors (Lipinski definition) is 3. The molecular weight excluding hydrogens is 429 g/mol. The van der Waals surface area contributed by atoms with Crippen LogP contribution in [0.3, 0.4) is 0 Å². The summed E-state index contributed by atoms with van der Waals surface area (Å²) in [5.74, 6) is -0.282. The highest BCUT2D eigenvalue weighted by molar-refractivity contribution is 5.78. The van der Waals surface area contributed by atoms with Crippen LogP contribution < -0.4 is 5.32 Å². The van der Waals surface area contributed by atoms with E-state index in [-0.39, 0.29) is 17.1 Å².